The molecule has 3 heterocycles. The fourth-order valence-electron chi connectivity index (χ4n) is 4.42. The summed E-state index contributed by atoms with van der Waals surface area (Å²) in [7, 11) is -2.21. The number of hydrogen-bond donors (Lipinski definition) is 1. The standard InChI is InChI=1S/C20H24F4N4O3S/c1-27-10-19(25-12-27)32(29,30)28-8-15(13-3-2-6-31-11-13)18(9-28)26-14-4-5-17(21)16(7-14)20(22,23)24/h4-5,7,10,12-13,15,18,26H,2-3,6,8-9,11H2,1H3/t13-,15+,18-/m1/s1. The number of nitrogens with zero attached hydrogens (tertiary/aromatic N) is 3. The molecule has 2 aliphatic rings. The Morgan fingerprint density at radius 1 is 1.25 bits per heavy atom. The summed E-state index contributed by atoms with van der Waals surface area (Å²) in [6, 6.07) is 2.25. The van der Waals surface area contributed by atoms with Crippen LogP contribution in [0, 0.1) is 17.7 Å². The quantitative estimate of drug-likeness (QED) is 0.672. The predicted octanol–water partition coefficient (Wildman–Crippen LogP) is 3.11. The third-order valence-electron chi connectivity index (χ3n) is 6.04. The lowest BCUT2D eigenvalue weighted by Crippen LogP contribution is -2.36. The highest BCUT2D eigenvalue weighted by molar-refractivity contribution is 7.89. The Balaban J connectivity index is 1.61. The molecule has 0 unspecified atom stereocenters. The summed E-state index contributed by atoms with van der Waals surface area (Å²) in [5.41, 5.74) is -1.28. The van der Waals surface area contributed by atoms with E-state index in [1.54, 1.807) is 7.05 Å². The van der Waals surface area contributed by atoms with Crippen LogP contribution < -0.4 is 5.32 Å². The number of ether oxygens (including phenoxy) is 1. The lowest BCUT2D eigenvalue weighted by atomic mass is 9.84. The number of imidazole rings is 1. The summed E-state index contributed by atoms with van der Waals surface area (Å²) in [6.45, 7) is 1.33. The lowest BCUT2D eigenvalue weighted by Gasteiger charge is -2.31. The van der Waals surface area contributed by atoms with Gasteiger partial charge in [0.25, 0.3) is 10.0 Å². The van der Waals surface area contributed by atoms with Crippen molar-refractivity contribution in [2.75, 3.05) is 31.6 Å². The van der Waals surface area contributed by atoms with Crippen molar-refractivity contribution in [1.29, 1.82) is 0 Å². The van der Waals surface area contributed by atoms with Gasteiger partial charge in [-0.15, -0.1) is 0 Å². The molecule has 0 bridgehead atoms. The molecule has 4 rings (SSSR count). The lowest BCUT2D eigenvalue weighted by molar-refractivity contribution is -0.139. The Kier molecular flexibility index (Phi) is 6.21. The molecule has 0 spiro atoms. The van der Waals surface area contributed by atoms with Crippen LogP contribution in [0.1, 0.15) is 18.4 Å². The van der Waals surface area contributed by atoms with Crippen molar-refractivity contribution in [3.63, 3.8) is 0 Å². The summed E-state index contributed by atoms with van der Waals surface area (Å²) in [5, 5.41) is 2.95. The average Bonchev–Trinajstić information content (AvgIpc) is 3.36. The van der Waals surface area contributed by atoms with E-state index in [4.69, 9.17) is 4.74 Å². The minimum atomic E-state index is -4.83. The Morgan fingerprint density at radius 3 is 2.66 bits per heavy atom. The van der Waals surface area contributed by atoms with Crippen LogP contribution in [0.25, 0.3) is 0 Å². The van der Waals surface area contributed by atoms with Crippen molar-refractivity contribution in [2.45, 2.75) is 30.1 Å². The van der Waals surface area contributed by atoms with Gasteiger partial charge in [0.2, 0.25) is 0 Å². The van der Waals surface area contributed by atoms with E-state index < -0.39 is 33.6 Å². The van der Waals surface area contributed by atoms with Gasteiger partial charge >= 0.3 is 6.18 Å². The molecule has 0 aliphatic carbocycles. The molecule has 1 aromatic carbocycles. The number of aryl methyl sites for hydroxylation is 1. The second-order valence-corrected chi connectivity index (χ2v) is 10.2. The molecule has 12 heteroatoms. The van der Waals surface area contributed by atoms with Gasteiger partial charge in [-0.25, -0.2) is 17.8 Å². The molecule has 2 saturated heterocycles. The first-order valence-electron chi connectivity index (χ1n) is 10.2. The maximum Gasteiger partial charge on any atom is 0.419 e. The molecule has 3 atom stereocenters. The number of sulfonamides is 1. The second kappa shape index (κ2) is 8.64. The fraction of sp³-hybridized carbons (Fsp3) is 0.550. The van der Waals surface area contributed by atoms with Crippen LogP contribution in [-0.4, -0.2) is 54.6 Å². The van der Waals surface area contributed by atoms with Crippen molar-refractivity contribution >= 4 is 15.7 Å². The minimum absolute atomic E-state index is 0.0488. The Bertz CT molecular complexity index is 1070. The second-order valence-electron chi connectivity index (χ2n) is 8.28. The predicted molar refractivity (Wildman–Crippen MR) is 108 cm³/mol. The molecule has 0 saturated carbocycles. The zero-order chi connectivity index (χ0) is 23.1. The van der Waals surface area contributed by atoms with Crippen LogP contribution >= 0.6 is 0 Å². The number of alkyl halides is 3. The largest absolute Gasteiger partial charge is 0.419 e. The van der Waals surface area contributed by atoms with E-state index in [-0.39, 0.29) is 35.6 Å². The van der Waals surface area contributed by atoms with Crippen molar-refractivity contribution in [3.05, 3.63) is 42.1 Å². The molecule has 0 radical (unpaired) electrons. The molecule has 1 N–H and O–H groups in total. The van der Waals surface area contributed by atoms with Gasteiger partial charge in [0, 0.05) is 51.3 Å². The highest BCUT2D eigenvalue weighted by atomic mass is 32.2. The first-order valence-corrected chi connectivity index (χ1v) is 11.7. The smallest absolute Gasteiger partial charge is 0.381 e. The summed E-state index contributed by atoms with van der Waals surface area (Å²) in [5.74, 6) is -1.49. The van der Waals surface area contributed by atoms with Gasteiger partial charge in [-0.2, -0.15) is 17.5 Å². The fourth-order valence-corrected chi connectivity index (χ4v) is 5.89. The van der Waals surface area contributed by atoms with E-state index in [0.717, 1.165) is 25.0 Å². The first kappa shape index (κ1) is 23.0. The third kappa shape index (κ3) is 4.62. The number of anilines is 1. The summed E-state index contributed by atoms with van der Waals surface area (Å²) < 4.78 is 87.7. The number of hydrogen-bond acceptors (Lipinski definition) is 5. The molecular formula is C20H24F4N4O3S. The van der Waals surface area contributed by atoms with Crippen LogP contribution in [0.5, 0.6) is 0 Å². The summed E-state index contributed by atoms with van der Waals surface area (Å²) >= 11 is 0. The van der Waals surface area contributed by atoms with Gasteiger partial charge in [-0.1, -0.05) is 0 Å². The van der Waals surface area contributed by atoms with E-state index in [2.05, 4.69) is 10.3 Å². The highest BCUT2D eigenvalue weighted by Gasteiger charge is 2.44. The normalized spacial score (nSPS) is 25.2. The summed E-state index contributed by atoms with van der Waals surface area (Å²) in [6.07, 6.45) is -0.373. The van der Waals surface area contributed by atoms with Crippen LogP contribution in [0.2, 0.25) is 0 Å². The van der Waals surface area contributed by atoms with Crippen molar-refractivity contribution in [3.8, 4) is 0 Å². The molecule has 0 amide bonds. The number of aromatic nitrogens is 2. The zero-order valence-electron chi connectivity index (χ0n) is 17.3. The Hall–Kier alpha value is -2.18. The SMILES string of the molecule is Cn1cnc(S(=O)(=O)N2C[C@@H]([C@@H]3CCCOC3)[C@H](Nc3ccc(F)c(C(F)(F)F)c3)C2)c1. The van der Waals surface area contributed by atoms with Crippen molar-refractivity contribution in [1.82, 2.24) is 13.9 Å². The molecule has 2 fully saturated rings. The van der Waals surface area contributed by atoms with E-state index in [0.29, 0.717) is 13.2 Å². The van der Waals surface area contributed by atoms with Crippen molar-refractivity contribution < 1.29 is 30.7 Å². The average molecular weight is 476 g/mol. The van der Waals surface area contributed by atoms with Crippen LogP contribution in [0.4, 0.5) is 23.2 Å². The third-order valence-corrected chi connectivity index (χ3v) is 7.76. The van der Waals surface area contributed by atoms with E-state index in [1.165, 1.54) is 27.5 Å². The van der Waals surface area contributed by atoms with E-state index >= 15 is 0 Å². The molecule has 176 valence electrons. The van der Waals surface area contributed by atoms with Gasteiger partial charge in [0.05, 0.1) is 11.9 Å². The number of nitrogens with one attached hydrogen (secondary N) is 1. The van der Waals surface area contributed by atoms with Gasteiger partial charge in [-0.3, -0.25) is 0 Å². The highest BCUT2D eigenvalue weighted by Crippen LogP contribution is 2.36. The van der Waals surface area contributed by atoms with Gasteiger partial charge < -0.3 is 14.6 Å². The van der Waals surface area contributed by atoms with Gasteiger partial charge in [-0.05, 0) is 42.9 Å². The van der Waals surface area contributed by atoms with E-state index in [1.807, 2.05) is 0 Å². The number of rotatable bonds is 5. The molecule has 1 aromatic heterocycles. The zero-order valence-corrected chi connectivity index (χ0v) is 18.2. The van der Waals surface area contributed by atoms with Crippen molar-refractivity contribution in [2.24, 2.45) is 18.9 Å². The topological polar surface area (TPSA) is 76.5 Å². The number of halogens is 4. The first-order chi connectivity index (χ1) is 15.1. The summed E-state index contributed by atoms with van der Waals surface area (Å²) in [4.78, 5) is 3.95. The van der Waals surface area contributed by atoms with E-state index in [9.17, 15) is 26.0 Å². The minimum Gasteiger partial charge on any atom is -0.381 e. The maximum atomic E-state index is 13.7. The Labute approximate surface area is 183 Å². The molecule has 2 aromatic rings. The monoisotopic (exact) mass is 476 g/mol. The van der Waals surface area contributed by atoms with Crippen LogP contribution in [-0.2, 0) is 28.0 Å². The van der Waals surface area contributed by atoms with Crippen LogP contribution in [0.15, 0.2) is 35.7 Å². The van der Waals surface area contributed by atoms with Gasteiger partial charge in [0.1, 0.15) is 5.82 Å². The maximum absolute atomic E-state index is 13.7. The number of benzene rings is 1. The molecule has 32 heavy (non-hydrogen) atoms. The molecule has 7 nitrogen and oxygen atoms in total. The molecular weight excluding hydrogens is 452 g/mol. The Morgan fingerprint density at radius 2 is 2.03 bits per heavy atom. The molecule has 2 aliphatic heterocycles. The van der Waals surface area contributed by atoms with Gasteiger partial charge in [0.15, 0.2) is 5.03 Å². The van der Waals surface area contributed by atoms with Crippen LogP contribution in [0.3, 0.4) is 0 Å².